The van der Waals surface area contributed by atoms with Crippen LogP contribution in [-0.2, 0) is 11.3 Å². The van der Waals surface area contributed by atoms with Gasteiger partial charge >= 0.3 is 0 Å². The topological polar surface area (TPSA) is 91.4 Å². The number of carbonyl (C=O) groups is 1. The second-order valence-corrected chi connectivity index (χ2v) is 6.25. The molecule has 1 aliphatic rings. The molecular weight excluding hydrogens is 332 g/mol. The highest BCUT2D eigenvalue weighted by Crippen LogP contribution is 2.28. The third-order valence-corrected chi connectivity index (χ3v) is 4.48. The number of aromatic nitrogens is 2. The number of hydrogen-bond donors (Lipinski definition) is 3. The predicted molar refractivity (Wildman–Crippen MR) is 98.4 cm³/mol. The molecule has 0 spiro atoms. The normalized spacial score (nSPS) is 19.2. The van der Waals surface area contributed by atoms with E-state index in [1.165, 1.54) is 0 Å². The molecule has 26 heavy (non-hydrogen) atoms. The molecule has 1 aliphatic heterocycles. The molecule has 8 heteroatoms. The van der Waals surface area contributed by atoms with E-state index in [1.807, 2.05) is 24.3 Å². The number of nitrogens with zero attached hydrogens (tertiary/aromatic N) is 3. The Kier molecular flexibility index (Phi) is 5.65. The maximum Gasteiger partial charge on any atom is 0.229 e. The van der Waals surface area contributed by atoms with Crippen LogP contribution in [0, 0.1) is 5.92 Å². The van der Waals surface area contributed by atoms with Crippen LogP contribution in [0.5, 0.6) is 5.75 Å². The molecule has 0 aliphatic carbocycles. The summed E-state index contributed by atoms with van der Waals surface area (Å²) in [5.74, 6) is 1.19. The quantitative estimate of drug-likeness (QED) is 0.710. The zero-order valence-electron chi connectivity index (χ0n) is 15.2. The highest BCUT2D eigenvalue weighted by Gasteiger charge is 2.35. The Bertz CT molecular complexity index is 752. The number of amides is 1. The van der Waals surface area contributed by atoms with Gasteiger partial charge in [-0.3, -0.25) is 10.2 Å². The summed E-state index contributed by atoms with van der Waals surface area (Å²) in [7, 11) is 5.20. The van der Waals surface area contributed by atoms with E-state index in [-0.39, 0.29) is 17.9 Å². The van der Waals surface area contributed by atoms with Gasteiger partial charge in [0.15, 0.2) is 0 Å². The maximum atomic E-state index is 13.0. The van der Waals surface area contributed by atoms with Gasteiger partial charge in [0.2, 0.25) is 11.9 Å². The minimum atomic E-state index is -0.204. The third kappa shape index (κ3) is 3.92. The van der Waals surface area contributed by atoms with Crippen molar-refractivity contribution in [3.05, 3.63) is 47.8 Å². The van der Waals surface area contributed by atoms with E-state index in [4.69, 9.17) is 4.74 Å². The van der Waals surface area contributed by atoms with Crippen molar-refractivity contribution in [2.75, 3.05) is 33.1 Å². The first-order valence-electron chi connectivity index (χ1n) is 8.48. The lowest BCUT2D eigenvalue weighted by molar-refractivity contribution is -0.134. The van der Waals surface area contributed by atoms with Crippen molar-refractivity contribution in [1.82, 2.24) is 25.7 Å². The molecule has 2 atom stereocenters. The Morgan fingerprint density at radius 1 is 1.38 bits per heavy atom. The number of rotatable bonds is 6. The summed E-state index contributed by atoms with van der Waals surface area (Å²) >= 11 is 0. The van der Waals surface area contributed by atoms with Gasteiger partial charge < -0.3 is 15.0 Å². The van der Waals surface area contributed by atoms with Crippen LogP contribution < -0.4 is 20.9 Å². The van der Waals surface area contributed by atoms with E-state index < -0.39 is 0 Å². The monoisotopic (exact) mass is 356 g/mol. The maximum absolute atomic E-state index is 13.0. The summed E-state index contributed by atoms with van der Waals surface area (Å²) in [6.45, 7) is 1.03. The lowest BCUT2D eigenvalue weighted by Crippen LogP contribution is -2.36. The van der Waals surface area contributed by atoms with Crippen LogP contribution in [-0.4, -0.2) is 48.5 Å². The van der Waals surface area contributed by atoms with E-state index >= 15 is 0 Å². The molecule has 1 aromatic heterocycles. The van der Waals surface area contributed by atoms with E-state index in [0.29, 0.717) is 19.0 Å². The number of hydrogen-bond acceptors (Lipinski definition) is 7. The second kappa shape index (κ2) is 8.11. The van der Waals surface area contributed by atoms with Gasteiger partial charge in [-0.25, -0.2) is 15.4 Å². The summed E-state index contributed by atoms with van der Waals surface area (Å²) in [6, 6.07) is 7.67. The van der Waals surface area contributed by atoms with Crippen molar-refractivity contribution in [2.45, 2.75) is 12.6 Å². The summed E-state index contributed by atoms with van der Waals surface area (Å²) in [5.41, 5.74) is 8.21. The molecule has 2 aromatic rings. The Labute approximate surface area is 152 Å². The van der Waals surface area contributed by atoms with E-state index in [1.54, 1.807) is 38.5 Å². The van der Waals surface area contributed by atoms with Crippen molar-refractivity contribution < 1.29 is 9.53 Å². The van der Waals surface area contributed by atoms with Gasteiger partial charge in [0.25, 0.3) is 0 Å². The van der Waals surface area contributed by atoms with Crippen molar-refractivity contribution in [3.8, 4) is 5.75 Å². The first-order chi connectivity index (χ1) is 12.6. The molecule has 1 saturated heterocycles. The molecule has 3 rings (SSSR count). The van der Waals surface area contributed by atoms with Crippen LogP contribution in [0.1, 0.15) is 17.2 Å². The fourth-order valence-corrected chi connectivity index (χ4v) is 3.08. The van der Waals surface area contributed by atoms with Crippen molar-refractivity contribution >= 4 is 11.9 Å². The first-order valence-corrected chi connectivity index (χ1v) is 8.48. The van der Waals surface area contributed by atoms with Crippen LogP contribution in [0.25, 0.3) is 0 Å². The average Bonchev–Trinajstić information content (AvgIpc) is 3.17. The largest absolute Gasteiger partial charge is 0.497 e. The molecule has 2 unspecified atom stereocenters. The van der Waals surface area contributed by atoms with Crippen molar-refractivity contribution in [2.24, 2.45) is 5.92 Å². The Hall–Kier alpha value is -2.71. The molecule has 3 N–H and O–H groups in total. The molecule has 138 valence electrons. The Morgan fingerprint density at radius 3 is 2.85 bits per heavy atom. The molecule has 0 radical (unpaired) electrons. The van der Waals surface area contributed by atoms with Gasteiger partial charge in [-0.1, -0.05) is 12.1 Å². The zero-order chi connectivity index (χ0) is 18.5. The lowest BCUT2D eigenvalue weighted by atomic mass is 9.93. The molecule has 0 bridgehead atoms. The number of carbonyl (C=O) groups excluding carboxylic acids is 1. The lowest BCUT2D eigenvalue weighted by Gasteiger charge is -2.24. The summed E-state index contributed by atoms with van der Waals surface area (Å²) < 4.78 is 5.29. The number of methoxy groups -OCH3 is 1. The molecule has 1 aromatic carbocycles. The molecule has 2 heterocycles. The number of ether oxygens (including phenoxy) is 1. The smallest absolute Gasteiger partial charge is 0.229 e. The van der Waals surface area contributed by atoms with Gasteiger partial charge in [-0.05, 0) is 17.7 Å². The molecule has 1 amide bonds. The van der Waals surface area contributed by atoms with Crippen LogP contribution in [0.3, 0.4) is 0 Å². The minimum Gasteiger partial charge on any atom is -0.497 e. The SMILES string of the molecule is CNc1ncc(CN(C)C(=O)C2CNNC2c2cccc(OC)c2)cn1. The van der Waals surface area contributed by atoms with E-state index in [9.17, 15) is 4.79 Å². The summed E-state index contributed by atoms with van der Waals surface area (Å²) in [4.78, 5) is 23.1. The van der Waals surface area contributed by atoms with E-state index in [0.717, 1.165) is 16.9 Å². The average molecular weight is 356 g/mol. The van der Waals surface area contributed by atoms with Gasteiger partial charge in [0, 0.05) is 45.1 Å². The fraction of sp³-hybridized carbons (Fsp3) is 0.389. The van der Waals surface area contributed by atoms with Crippen LogP contribution in [0.2, 0.25) is 0 Å². The minimum absolute atomic E-state index is 0.0630. The summed E-state index contributed by atoms with van der Waals surface area (Å²) in [6.07, 6.45) is 3.46. The zero-order valence-corrected chi connectivity index (χ0v) is 15.2. The van der Waals surface area contributed by atoms with E-state index in [2.05, 4.69) is 26.1 Å². The van der Waals surface area contributed by atoms with Gasteiger partial charge in [0.05, 0.1) is 19.1 Å². The second-order valence-electron chi connectivity index (χ2n) is 6.25. The highest BCUT2D eigenvalue weighted by molar-refractivity contribution is 5.80. The van der Waals surface area contributed by atoms with Gasteiger partial charge in [-0.2, -0.15) is 0 Å². The standard InChI is InChI=1S/C18H24N6O2/c1-19-18-20-8-12(9-21-18)11-24(2)17(25)15-10-22-23-16(15)13-5-4-6-14(7-13)26-3/h4-9,15-16,22-23H,10-11H2,1-3H3,(H,19,20,21). The number of nitrogens with one attached hydrogen (secondary N) is 3. The molecule has 1 fully saturated rings. The number of anilines is 1. The van der Waals surface area contributed by atoms with Crippen LogP contribution in [0.4, 0.5) is 5.95 Å². The third-order valence-electron chi connectivity index (χ3n) is 4.48. The van der Waals surface area contributed by atoms with Crippen molar-refractivity contribution in [1.29, 1.82) is 0 Å². The summed E-state index contributed by atoms with van der Waals surface area (Å²) in [5, 5.41) is 2.88. The Balaban J connectivity index is 1.70. The molecule has 0 saturated carbocycles. The van der Waals surface area contributed by atoms with Gasteiger partial charge in [0.1, 0.15) is 5.75 Å². The van der Waals surface area contributed by atoms with Gasteiger partial charge in [-0.15, -0.1) is 0 Å². The van der Waals surface area contributed by atoms with Crippen molar-refractivity contribution in [3.63, 3.8) is 0 Å². The predicted octanol–water partition coefficient (Wildman–Crippen LogP) is 0.951. The van der Waals surface area contributed by atoms with Crippen LogP contribution >= 0.6 is 0 Å². The number of benzene rings is 1. The Morgan fingerprint density at radius 2 is 2.15 bits per heavy atom. The molecular formula is C18H24N6O2. The van der Waals surface area contributed by atoms with Crippen LogP contribution in [0.15, 0.2) is 36.7 Å². The molecule has 8 nitrogen and oxygen atoms in total. The first kappa shape index (κ1) is 18.1. The highest BCUT2D eigenvalue weighted by atomic mass is 16.5. The number of hydrazine groups is 1. The fourth-order valence-electron chi connectivity index (χ4n) is 3.08.